The number of carbonyl (C=O) groups excluding carboxylic acids is 1. The molecular weight excluding hydrogens is 695 g/mol. The Labute approximate surface area is 309 Å². The van der Waals surface area contributed by atoms with Crippen LogP contribution in [0, 0.1) is 29.9 Å². The van der Waals surface area contributed by atoms with Crippen molar-refractivity contribution in [1.29, 1.82) is 0 Å². The van der Waals surface area contributed by atoms with Gasteiger partial charge in [-0.1, -0.05) is 12.0 Å². The van der Waals surface area contributed by atoms with Gasteiger partial charge in [0, 0.05) is 86.6 Å². The Kier molecular flexibility index (Phi) is 7.66. The van der Waals surface area contributed by atoms with Gasteiger partial charge in [-0.25, -0.2) is 13.2 Å². The summed E-state index contributed by atoms with van der Waals surface area (Å²) in [6.07, 6.45) is 12.2. The molecule has 1 aliphatic carbocycles. The van der Waals surface area contributed by atoms with Crippen LogP contribution in [0.2, 0.25) is 0 Å². The molecule has 3 aromatic carbocycles. The van der Waals surface area contributed by atoms with Crippen LogP contribution in [-0.2, 0) is 11.8 Å². The van der Waals surface area contributed by atoms with E-state index in [9.17, 15) is 14.3 Å². The van der Waals surface area contributed by atoms with Crippen molar-refractivity contribution in [3.8, 4) is 35.2 Å². The number of aromatic nitrogens is 4. The quantitative estimate of drug-likeness (QED) is 0.205. The second-order valence-electron chi connectivity index (χ2n) is 16.0. The van der Waals surface area contributed by atoms with Gasteiger partial charge in [-0.15, -0.1) is 6.42 Å². The zero-order chi connectivity index (χ0) is 37.0. The Balaban J connectivity index is 1.17. The van der Waals surface area contributed by atoms with Crippen molar-refractivity contribution in [2.24, 2.45) is 13.0 Å². The number of likely N-dealkylation sites (tertiary alicyclic amines) is 1. The average Bonchev–Trinajstić information content (AvgIpc) is 3.87. The maximum atomic E-state index is 17.8. The van der Waals surface area contributed by atoms with E-state index in [4.69, 9.17) is 26.2 Å². The molecule has 0 radical (unpaired) electrons. The Morgan fingerprint density at radius 3 is 2.63 bits per heavy atom. The number of Topliss-reactive ketones (excluding diaryl/α,β-unsaturated/α-hetero) is 1. The van der Waals surface area contributed by atoms with Crippen LogP contribution < -0.4 is 9.64 Å². The van der Waals surface area contributed by atoms with E-state index < -0.39 is 23.3 Å². The third-order valence-corrected chi connectivity index (χ3v) is 12.8. The number of rotatable bonds is 7. The molecule has 5 fully saturated rings. The van der Waals surface area contributed by atoms with Gasteiger partial charge in [0.1, 0.15) is 47.0 Å². The van der Waals surface area contributed by atoms with Gasteiger partial charge in [-0.2, -0.15) is 15.1 Å². The van der Waals surface area contributed by atoms with E-state index in [1.807, 2.05) is 0 Å². The first-order valence-corrected chi connectivity index (χ1v) is 18.9. The smallest absolute Gasteiger partial charge is 0.319 e. The molecule has 10 nitrogen and oxygen atoms in total. The highest BCUT2D eigenvalue weighted by Crippen LogP contribution is 2.47. The largest absolute Gasteiger partial charge is 0.508 e. The summed E-state index contributed by atoms with van der Waals surface area (Å²) in [6.45, 7) is 3.55. The molecule has 5 aliphatic rings. The van der Waals surface area contributed by atoms with Crippen LogP contribution in [0.25, 0.3) is 43.7 Å². The highest BCUT2D eigenvalue weighted by Gasteiger charge is 2.50. The van der Waals surface area contributed by atoms with Gasteiger partial charge in [0.15, 0.2) is 5.82 Å². The zero-order valence-electron chi connectivity index (χ0n) is 30.0. The molecule has 2 bridgehead atoms. The van der Waals surface area contributed by atoms with E-state index in [2.05, 4.69) is 20.6 Å². The van der Waals surface area contributed by atoms with E-state index in [1.54, 1.807) is 17.9 Å². The first-order chi connectivity index (χ1) is 26.1. The molecule has 4 aliphatic heterocycles. The number of ether oxygens (including phenoxy) is 1. The van der Waals surface area contributed by atoms with Gasteiger partial charge in [0.25, 0.3) is 0 Å². The number of phenols is 1. The van der Waals surface area contributed by atoms with Crippen LogP contribution in [0.5, 0.6) is 11.8 Å². The fourth-order valence-electron chi connectivity index (χ4n) is 10.3. The molecule has 0 spiro atoms. The lowest BCUT2D eigenvalue weighted by Gasteiger charge is -2.43. The number of hydrogen-bond acceptors (Lipinski definition) is 9. The lowest BCUT2D eigenvalue weighted by Crippen LogP contribution is -2.56. The molecule has 1 saturated carbocycles. The lowest BCUT2D eigenvalue weighted by molar-refractivity contribution is -0.130. The lowest BCUT2D eigenvalue weighted by atomic mass is 9.83. The first kappa shape index (κ1) is 33.6. The summed E-state index contributed by atoms with van der Waals surface area (Å²) in [5.41, 5.74) is -0.0451. The Morgan fingerprint density at radius 1 is 1.07 bits per heavy atom. The van der Waals surface area contributed by atoms with Crippen LogP contribution in [0.15, 0.2) is 30.5 Å². The monoisotopic (exact) mass is 735 g/mol. The summed E-state index contributed by atoms with van der Waals surface area (Å²) in [6, 6.07) is 5.69. The number of hydrogen-bond donors (Lipinski definition) is 1. The summed E-state index contributed by atoms with van der Waals surface area (Å²) in [5, 5.41) is 17.4. The highest BCUT2D eigenvalue weighted by atomic mass is 19.1. The minimum Gasteiger partial charge on any atom is -0.508 e. The highest BCUT2D eigenvalue weighted by molar-refractivity contribution is 6.18. The number of terminal acetylenes is 1. The number of ketones is 1. The number of fused-ring (bicyclic) bond motifs is 7. The number of alkyl halides is 1. The van der Waals surface area contributed by atoms with Crippen molar-refractivity contribution in [3.63, 3.8) is 0 Å². The predicted octanol–water partition coefficient (Wildman–Crippen LogP) is 5.89. The van der Waals surface area contributed by atoms with E-state index in [0.29, 0.717) is 47.1 Å². The molecule has 1 N–H and O–H groups in total. The van der Waals surface area contributed by atoms with Crippen molar-refractivity contribution >= 4 is 44.2 Å². The number of carbonyl (C=O) groups is 1. The molecule has 13 heteroatoms. The number of aromatic hydroxyl groups is 1. The molecule has 2 aromatic heterocycles. The molecule has 10 rings (SSSR count). The Bertz CT molecular complexity index is 2430. The van der Waals surface area contributed by atoms with Gasteiger partial charge in [0.2, 0.25) is 0 Å². The van der Waals surface area contributed by atoms with Crippen LogP contribution in [-0.4, -0.2) is 104 Å². The minimum atomic E-state index is -0.946. The molecule has 5 aromatic rings. The number of anilines is 1. The number of benzene rings is 3. The van der Waals surface area contributed by atoms with Crippen LogP contribution >= 0.6 is 0 Å². The third-order valence-electron chi connectivity index (χ3n) is 12.8. The van der Waals surface area contributed by atoms with E-state index in [1.165, 1.54) is 24.3 Å². The van der Waals surface area contributed by atoms with Gasteiger partial charge >= 0.3 is 6.01 Å². The third kappa shape index (κ3) is 5.09. The Morgan fingerprint density at radius 2 is 1.89 bits per heavy atom. The number of nitrogens with zero attached hydrogens (tertiary/aromatic N) is 7. The van der Waals surface area contributed by atoms with Crippen LogP contribution in [0.1, 0.15) is 50.5 Å². The fourth-order valence-corrected chi connectivity index (χ4v) is 10.3. The minimum absolute atomic E-state index is 0.00174. The van der Waals surface area contributed by atoms with Gasteiger partial charge in [0.05, 0.1) is 16.5 Å². The molecule has 6 heterocycles. The molecule has 4 saturated heterocycles. The average molecular weight is 736 g/mol. The summed E-state index contributed by atoms with van der Waals surface area (Å²) in [7, 11) is 1.75. The topological polar surface area (TPSA) is 99.9 Å². The van der Waals surface area contributed by atoms with Gasteiger partial charge < -0.3 is 14.7 Å². The van der Waals surface area contributed by atoms with Crippen LogP contribution in [0.3, 0.4) is 0 Å². The number of phenolic OH excluding ortho intramolecular Hbond substituents is 1. The molecule has 5 atom stereocenters. The van der Waals surface area contributed by atoms with E-state index in [-0.39, 0.29) is 69.5 Å². The van der Waals surface area contributed by atoms with Crippen molar-refractivity contribution in [2.45, 2.75) is 68.7 Å². The molecule has 3 unspecified atom stereocenters. The normalized spacial score (nSPS) is 26.9. The van der Waals surface area contributed by atoms with Crippen molar-refractivity contribution in [2.75, 3.05) is 44.2 Å². The summed E-state index contributed by atoms with van der Waals surface area (Å²) in [5.74, 6) is 1.87. The number of aryl methyl sites for hydroxylation is 1. The van der Waals surface area contributed by atoms with Crippen molar-refractivity contribution in [1.82, 2.24) is 29.5 Å². The maximum absolute atomic E-state index is 17.8. The van der Waals surface area contributed by atoms with Gasteiger partial charge in [-0.3, -0.25) is 19.3 Å². The molecule has 54 heavy (non-hydrogen) atoms. The number of halogens is 3. The standard InChI is InChI=1S/C41H40F3N7O3/c1-3-28-31(43)9-5-22-13-27(52)14-29(33(22)28)34-36(44)38-35(30-20-48(2)47-37(30)34)39(46-40(45-38)54-21-41-11-4-12-50(41)17-24(42)15-41)51-25-7-8-26(51)19-49(18-25)16-23-6-10-32(23)53/h1,5,9,13-14,20,23-26,52H,4,6-8,10-12,15-19,21H2,2H3/t23?,24-,25?,26?,41+/m1/s1. The first-order valence-electron chi connectivity index (χ1n) is 18.9. The Hall–Kier alpha value is -4.93. The van der Waals surface area contributed by atoms with E-state index >= 15 is 8.78 Å². The zero-order valence-corrected chi connectivity index (χ0v) is 30.0. The van der Waals surface area contributed by atoms with Crippen molar-refractivity contribution < 1.29 is 27.8 Å². The molecule has 278 valence electrons. The summed E-state index contributed by atoms with van der Waals surface area (Å²) in [4.78, 5) is 28.9. The number of piperazine rings is 1. The molecule has 0 amide bonds. The van der Waals surface area contributed by atoms with Crippen molar-refractivity contribution in [3.05, 3.63) is 47.7 Å². The second kappa shape index (κ2) is 12.3. The van der Waals surface area contributed by atoms with Gasteiger partial charge in [-0.05, 0) is 67.8 Å². The predicted molar refractivity (Wildman–Crippen MR) is 198 cm³/mol. The maximum Gasteiger partial charge on any atom is 0.319 e. The molecular formula is C41H40F3N7O3. The van der Waals surface area contributed by atoms with E-state index in [0.717, 1.165) is 58.3 Å². The van der Waals surface area contributed by atoms with Crippen LogP contribution in [0.4, 0.5) is 19.0 Å². The summed E-state index contributed by atoms with van der Waals surface area (Å²) < 4.78 is 55.8. The fraction of sp³-hybridized carbons (Fsp3) is 0.463. The SMILES string of the molecule is C#Cc1c(F)ccc2cc(O)cc(-c3c(F)c4nc(OC[C@@]56CCCN5C[C@H](F)C6)nc(N5C6CCC5CN(CC5CCC5=O)C6)c4c4cn(C)nc34)c12. The second-order valence-corrected chi connectivity index (χ2v) is 16.0. The summed E-state index contributed by atoms with van der Waals surface area (Å²) >= 11 is 0.